The van der Waals surface area contributed by atoms with E-state index in [-0.39, 0.29) is 0 Å². The van der Waals surface area contributed by atoms with E-state index in [1.165, 1.54) is 11.8 Å². The van der Waals surface area contributed by atoms with Crippen molar-refractivity contribution in [3.63, 3.8) is 0 Å². The Kier molecular flexibility index (Phi) is 3.20. The molecule has 0 spiro atoms. The van der Waals surface area contributed by atoms with Crippen molar-refractivity contribution < 1.29 is 0 Å². The second-order valence-electron chi connectivity index (χ2n) is 2.86. The van der Waals surface area contributed by atoms with Crippen molar-refractivity contribution in [2.75, 3.05) is 5.43 Å². The first-order valence-electron chi connectivity index (χ1n) is 4.31. The third kappa shape index (κ3) is 2.68. The zero-order valence-corrected chi connectivity index (χ0v) is 9.73. The van der Waals surface area contributed by atoms with Gasteiger partial charge in [0, 0.05) is 11.1 Å². The van der Waals surface area contributed by atoms with E-state index < -0.39 is 0 Å². The molecule has 0 aromatic carbocycles. The number of hydrogen-bond acceptors (Lipinski definition) is 6. The van der Waals surface area contributed by atoms with Crippen LogP contribution in [0.1, 0.15) is 5.69 Å². The highest BCUT2D eigenvalue weighted by Crippen LogP contribution is 2.29. The minimum absolute atomic E-state index is 0.660. The van der Waals surface area contributed by atoms with Gasteiger partial charge in [0.15, 0.2) is 4.34 Å². The lowest BCUT2D eigenvalue weighted by molar-refractivity contribution is 1.09. The van der Waals surface area contributed by atoms with Crippen LogP contribution in [0.2, 0.25) is 0 Å². The Morgan fingerprint density at radius 1 is 1.40 bits per heavy atom. The first-order chi connectivity index (χ1) is 7.28. The maximum absolute atomic E-state index is 5.28. The molecular formula is C9H10N4S2. The monoisotopic (exact) mass is 238 g/mol. The van der Waals surface area contributed by atoms with Crippen LogP contribution in [0.25, 0.3) is 0 Å². The fraction of sp³-hybridized carbons (Fsp3) is 0.111. The van der Waals surface area contributed by atoms with Crippen molar-refractivity contribution in [3.05, 3.63) is 29.3 Å². The van der Waals surface area contributed by atoms with E-state index >= 15 is 0 Å². The van der Waals surface area contributed by atoms with E-state index in [0.29, 0.717) is 5.82 Å². The Balaban J connectivity index is 2.16. The van der Waals surface area contributed by atoms with Crippen LogP contribution in [0.5, 0.6) is 0 Å². The van der Waals surface area contributed by atoms with Gasteiger partial charge in [-0.25, -0.2) is 15.8 Å². The fourth-order valence-electron chi connectivity index (χ4n) is 1.02. The highest BCUT2D eigenvalue weighted by molar-refractivity contribution is 8.01. The molecule has 0 aliphatic carbocycles. The number of nitrogens with two attached hydrogens (primary N) is 1. The van der Waals surface area contributed by atoms with E-state index in [2.05, 4.69) is 15.4 Å². The molecule has 0 saturated carbocycles. The largest absolute Gasteiger partial charge is 0.308 e. The predicted octanol–water partition coefficient (Wildman–Crippen LogP) is 2.28. The van der Waals surface area contributed by atoms with Crippen LogP contribution < -0.4 is 11.3 Å². The SMILES string of the molecule is Cc1csc(Sc2cccc(NN)n2)n1. The number of nitrogens with one attached hydrogen (secondary N) is 1. The molecule has 2 rings (SSSR count). The molecular weight excluding hydrogens is 228 g/mol. The van der Waals surface area contributed by atoms with E-state index in [4.69, 9.17) is 5.84 Å². The molecule has 0 fully saturated rings. The van der Waals surface area contributed by atoms with E-state index in [1.54, 1.807) is 11.3 Å². The number of nitrogen functional groups attached to an aromatic ring is 1. The highest BCUT2D eigenvalue weighted by atomic mass is 32.2. The molecule has 15 heavy (non-hydrogen) atoms. The smallest absolute Gasteiger partial charge is 0.156 e. The van der Waals surface area contributed by atoms with Crippen LogP contribution in [0.4, 0.5) is 5.82 Å². The Labute approximate surface area is 95.9 Å². The molecule has 3 N–H and O–H groups in total. The van der Waals surface area contributed by atoms with E-state index in [1.807, 2.05) is 30.5 Å². The highest BCUT2D eigenvalue weighted by Gasteiger charge is 2.03. The first-order valence-corrected chi connectivity index (χ1v) is 6.01. The zero-order valence-electron chi connectivity index (χ0n) is 8.10. The van der Waals surface area contributed by atoms with Crippen LogP contribution >= 0.6 is 23.1 Å². The standard InChI is InChI=1S/C9H10N4S2/c1-6-5-14-9(11-6)15-8-4-2-3-7(12-8)13-10/h2-5H,10H2,1H3,(H,12,13). The number of hydrogen-bond donors (Lipinski definition) is 2. The van der Waals surface area contributed by atoms with Gasteiger partial charge in [0.2, 0.25) is 0 Å². The second-order valence-corrected chi connectivity index (χ2v) is 4.99. The quantitative estimate of drug-likeness (QED) is 0.634. The van der Waals surface area contributed by atoms with E-state index in [9.17, 15) is 0 Å². The van der Waals surface area contributed by atoms with Gasteiger partial charge in [0.25, 0.3) is 0 Å². The second kappa shape index (κ2) is 4.61. The van der Waals surface area contributed by atoms with Gasteiger partial charge in [-0.05, 0) is 30.8 Å². The van der Waals surface area contributed by atoms with Crippen molar-refractivity contribution >= 4 is 28.9 Å². The summed E-state index contributed by atoms with van der Waals surface area (Å²) in [6.45, 7) is 1.98. The minimum Gasteiger partial charge on any atom is -0.308 e. The summed E-state index contributed by atoms with van der Waals surface area (Å²) in [5.74, 6) is 5.94. The molecule has 2 aromatic heterocycles. The van der Waals surface area contributed by atoms with Crippen molar-refractivity contribution in [1.82, 2.24) is 9.97 Å². The Morgan fingerprint density at radius 2 is 2.27 bits per heavy atom. The average molecular weight is 238 g/mol. The summed E-state index contributed by atoms with van der Waals surface area (Å²) < 4.78 is 0.995. The number of anilines is 1. The number of hydrazine groups is 1. The summed E-state index contributed by atoms with van der Waals surface area (Å²) >= 11 is 3.16. The predicted molar refractivity (Wildman–Crippen MR) is 63.0 cm³/mol. The molecule has 0 amide bonds. The lowest BCUT2D eigenvalue weighted by Gasteiger charge is -2.00. The van der Waals surface area contributed by atoms with Crippen molar-refractivity contribution in [2.24, 2.45) is 5.84 Å². The number of aryl methyl sites for hydroxylation is 1. The van der Waals surface area contributed by atoms with Crippen LogP contribution in [-0.4, -0.2) is 9.97 Å². The van der Waals surface area contributed by atoms with Crippen LogP contribution in [0, 0.1) is 6.92 Å². The average Bonchev–Trinajstić information content (AvgIpc) is 2.64. The van der Waals surface area contributed by atoms with Gasteiger partial charge in [-0.2, -0.15) is 0 Å². The van der Waals surface area contributed by atoms with Crippen LogP contribution in [0.15, 0.2) is 32.9 Å². The molecule has 0 radical (unpaired) electrons. The summed E-state index contributed by atoms with van der Waals surface area (Å²) in [7, 11) is 0. The zero-order chi connectivity index (χ0) is 10.7. The number of rotatable bonds is 3. The fourth-order valence-corrected chi connectivity index (χ4v) is 2.79. The van der Waals surface area contributed by atoms with Gasteiger partial charge in [-0.3, -0.25) is 0 Å². The molecule has 2 heterocycles. The minimum atomic E-state index is 0.660. The van der Waals surface area contributed by atoms with Gasteiger partial charge >= 0.3 is 0 Å². The molecule has 0 unspecified atom stereocenters. The van der Waals surface area contributed by atoms with Crippen molar-refractivity contribution in [1.29, 1.82) is 0 Å². The molecule has 6 heteroatoms. The van der Waals surface area contributed by atoms with Crippen molar-refractivity contribution in [2.45, 2.75) is 16.3 Å². The maximum Gasteiger partial charge on any atom is 0.156 e. The van der Waals surface area contributed by atoms with Gasteiger partial charge in [-0.15, -0.1) is 11.3 Å². The first kappa shape index (κ1) is 10.4. The summed E-state index contributed by atoms with van der Waals surface area (Å²) in [4.78, 5) is 8.64. The molecule has 0 saturated heterocycles. The number of aromatic nitrogens is 2. The van der Waals surface area contributed by atoms with Crippen LogP contribution in [0.3, 0.4) is 0 Å². The van der Waals surface area contributed by atoms with Gasteiger partial charge < -0.3 is 5.43 Å². The lowest BCUT2D eigenvalue weighted by Crippen LogP contribution is -2.08. The number of pyridine rings is 1. The summed E-state index contributed by atoms with van der Waals surface area (Å²) in [6, 6.07) is 5.66. The molecule has 4 nitrogen and oxygen atoms in total. The Bertz CT molecular complexity index is 455. The summed E-state index contributed by atoms with van der Waals surface area (Å²) in [5, 5.41) is 2.91. The van der Waals surface area contributed by atoms with Gasteiger partial charge in [0.1, 0.15) is 10.8 Å². The van der Waals surface area contributed by atoms with Gasteiger partial charge in [-0.1, -0.05) is 6.07 Å². The third-order valence-corrected chi connectivity index (χ3v) is 3.65. The van der Waals surface area contributed by atoms with Gasteiger partial charge in [0.05, 0.1) is 0 Å². The topological polar surface area (TPSA) is 63.8 Å². The Hall–Kier alpha value is -1.11. The number of thiazole rings is 1. The summed E-state index contributed by atoms with van der Waals surface area (Å²) in [6.07, 6.45) is 0. The van der Waals surface area contributed by atoms with E-state index in [0.717, 1.165) is 15.1 Å². The lowest BCUT2D eigenvalue weighted by atomic mass is 10.5. The summed E-state index contributed by atoms with van der Waals surface area (Å²) in [5.41, 5.74) is 3.55. The van der Waals surface area contributed by atoms with Crippen molar-refractivity contribution in [3.8, 4) is 0 Å². The normalized spacial score (nSPS) is 10.3. The molecule has 78 valence electrons. The molecule has 0 atom stereocenters. The number of nitrogens with zero attached hydrogens (tertiary/aromatic N) is 2. The molecule has 0 aliphatic heterocycles. The molecule has 2 aromatic rings. The maximum atomic E-state index is 5.28. The molecule has 0 aliphatic rings. The third-order valence-electron chi connectivity index (χ3n) is 1.66. The van der Waals surface area contributed by atoms with Crippen LogP contribution in [-0.2, 0) is 0 Å². The Morgan fingerprint density at radius 3 is 2.93 bits per heavy atom. The molecule has 0 bridgehead atoms.